The number of carbonyl (C=O) groups excluding carboxylic acids is 1. The van der Waals surface area contributed by atoms with Gasteiger partial charge in [-0.05, 0) is 36.5 Å². The van der Waals surface area contributed by atoms with Crippen LogP contribution in [0.3, 0.4) is 0 Å². The molecule has 1 aliphatic rings. The van der Waals surface area contributed by atoms with E-state index in [0.717, 1.165) is 24.9 Å². The van der Waals surface area contributed by atoms with Gasteiger partial charge in [0.05, 0.1) is 16.5 Å². The van der Waals surface area contributed by atoms with Crippen LogP contribution in [0, 0.1) is 5.92 Å². The number of hydrogen-bond acceptors (Lipinski definition) is 2. The van der Waals surface area contributed by atoms with Crippen molar-refractivity contribution in [3.63, 3.8) is 0 Å². The molecule has 0 spiro atoms. The van der Waals surface area contributed by atoms with Crippen molar-refractivity contribution in [2.45, 2.75) is 32.2 Å². The van der Waals surface area contributed by atoms with Crippen LogP contribution < -0.4 is 5.73 Å². The van der Waals surface area contributed by atoms with E-state index in [1.807, 2.05) is 11.0 Å². The quantitative estimate of drug-likeness (QED) is 0.931. The summed E-state index contributed by atoms with van der Waals surface area (Å²) < 4.78 is 0. The van der Waals surface area contributed by atoms with Crippen LogP contribution in [0.25, 0.3) is 0 Å². The highest BCUT2D eigenvalue weighted by atomic mass is 35.5. The summed E-state index contributed by atoms with van der Waals surface area (Å²) in [7, 11) is 0. The zero-order valence-corrected chi connectivity index (χ0v) is 13.1. The Labute approximate surface area is 130 Å². The largest absolute Gasteiger partial charge is 0.338 e. The topological polar surface area (TPSA) is 46.3 Å². The van der Waals surface area contributed by atoms with Crippen LogP contribution in [-0.2, 0) is 11.2 Å². The van der Waals surface area contributed by atoms with Crippen LogP contribution in [0.2, 0.25) is 10.0 Å². The molecule has 0 bridgehead atoms. The van der Waals surface area contributed by atoms with Crippen molar-refractivity contribution in [1.82, 2.24) is 4.90 Å². The highest BCUT2D eigenvalue weighted by Crippen LogP contribution is 2.25. The fourth-order valence-electron chi connectivity index (χ4n) is 2.73. The predicted octanol–water partition coefficient (Wildman–Crippen LogP) is 3.12. The standard InChI is InChI=1S/C15H20Cl2N2O/c1-10-4-5-19(12(6-10)9-18)15(20)8-11-2-3-13(16)14(17)7-11/h2-3,7,10,12H,4-6,8-9,18H2,1H3. The smallest absolute Gasteiger partial charge is 0.227 e. The first-order valence-corrected chi connectivity index (χ1v) is 7.70. The Morgan fingerprint density at radius 1 is 1.40 bits per heavy atom. The second-order valence-electron chi connectivity index (χ2n) is 5.53. The fourth-order valence-corrected chi connectivity index (χ4v) is 3.05. The summed E-state index contributed by atoms with van der Waals surface area (Å²) in [4.78, 5) is 14.4. The molecular formula is C15H20Cl2N2O. The van der Waals surface area contributed by atoms with E-state index in [1.54, 1.807) is 12.1 Å². The van der Waals surface area contributed by atoms with E-state index in [9.17, 15) is 4.79 Å². The molecule has 1 fully saturated rings. The van der Waals surface area contributed by atoms with Gasteiger partial charge in [0.2, 0.25) is 5.91 Å². The zero-order valence-electron chi connectivity index (χ0n) is 11.6. The SMILES string of the molecule is CC1CCN(C(=O)Cc2ccc(Cl)c(Cl)c2)C(CN)C1. The number of rotatable bonds is 3. The van der Waals surface area contributed by atoms with Gasteiger partial charge in [0.1, 0.15) is 0 Å². The molecule has 1 heterocycles. The minimum absolute atomic E-state index is 0.116. The lowest BCUT2D eigenvalue weighted by Crippen LogP contribution is -2.49. The molecule has 1 saturated heterocycles. The van der Waals surface area contributed by atoms with Crippen molar-refractivity contribution in [2.24, 2.45) is 11.7 Å². The molecule has 3 nitrogen and oxygen atoms in total. The second-order valence-corrected chi connectivity index (χ2v) is 6.35. The van der Waals surface area contributed by atoms with Crippen LogP contribution in [0.5, 0.6) is 0 Å². The number of hydrogen-bond donors (Lipinski definition) is 1. The van der Waals surface area contributed by atoms with E-state index >= 15 is 0 Å². The van der Waals surface area contributed by atoms with Gasteiger partial charge in [-0.15, -0.1) is 0 Å². The minimum atomic E-state index is 0.116. The molecule has 1 aromatic carbocycles. The molecular weight excluding hydrogens is 295 g/mol. The van der Waals surface area contributed by atoms with Gasteiger partial charge in [-0.2, -0.15) is 0 Å². The molecule has 20 heavy (non-hydrogen) atoms. The van der Waals surface area contributed by atoms with Crippen molar-refractivity contribution < 1.29 is 4.79 Å². The summed E-state index contributed by atoms with van der Waals surface area (Å²) in [6, 6.07) is 5.49. The van der Waals surface area contributed by atoms with E-state index in [-0.39, 0.29) is 11.9 Å². The molecule has 2 unspecified atom stereocenters. The summed E-state index contributed by atoms with van der Waals surface area (Å²) in [6.45, 7) is 3.53. The zero-order chi connectivity index (χ0) is 14.7. The molecule has 5 heteroatoms. The summed E-state index contributed by atoms with van der Waals surface area (Å²) in [6.07, 6.45) is 2.38. The van der Waals surface area contributed by atoms with Crippen LogP contribution >= 0.6 is 23.2 Å². The molecule has 2 rings (SSSR count). The Bertz CT molecular complexity index is 493. The van der Waals surface area contributed by atoms with E-state index < -0.39 is 0 Å². The van der Waals surface area contributed by atoms with Gasteiger partial charge in [0.15, 0.2) is 0 Å². The third-order valence-corrected chi connectivity index (χ3v) is 4.65. The summed E-state index contributed by atoms with van der Waals surface area (Å²) in [5, 5.41) is 0.995. The van der Waals surface area contributed by atoms with Crippen LogP contribution in [0.4, 0.5) is 0 Å². The molecule has 2 atom stereocenters. The number of benzene rings is 1. The third-order valence-electron chi connectivity index (χ3n) is 3.91. The predicted molar refractivity (Wildman–Crippen MR) is 83.1 cm³/mol. The Hall–Kier alpha value is -0.770. The highest BCUT2D eigenvalue weighted by Gasteiger charge is 2.28. The normalized spacial score (nSPS) is 22.9. The number of carbonyl (C=O) groups is 1. The van der Waals surface area contributed by atoms with Gasteiger partial charge in [-0.1, -0.05) is 36.2 Å². The second kappa shape index (κ2) is 6.79. The molecule has 2 N–H and O–H groups in total. The van der Waals surface area contributed by atoms with Gasteiger partial charge >= 0.3 is 0 Å². The summed E-state index contributed by atoms with van der Waals surface area (Å²) in [5.41, 5.74) is 6.69. The van der Waals surface area contributed by atoms with Gasteiger partial charge in [-0.25, -0.2) is 0 Å². The maximum absolute atomic E-state index is 12.4. The minimum Gasteiger partial charge on any atom is -0.338 e. The van der Waals surface area contributed by atoms with Gasteiger partial charge in [0, 0.05) is 19.1 Å². The maximum atomic E-state index is 12.4. The number of nitrogens with zero attached hydrogens (tertiary/aromatic N) is 1. The molecule has 0 radical (unpaired) electrons. The molecule has 1 aliphatic heterocycles. The molecule has 0 aromatic heterocycles. The van der Waals surface area contributed by atoms with Gasteiger partial charge in [0.25, 0.3) is 0 Å². The Kier molecular flexibility index (Phi) is 5.30. The number of nitrogens with two attached hydrogens (primary N) is 1. The van der Waals surface area contributed by atoms with Crippen molar-refractivity contribution >= 4 is 29.1 Å². The fraction of sp³-hybridized carbons (Fsp3) is 0.533. The van der Waals surface area contributed by atoms with E-state index in [1.165, 1.54) is 0 Å². The summed E-state index contributed by atoms with van der Waals surface area (Å²) in [5.74, 6) is 0.753. The van der Waals surface area contributed by atoms with E-state index in [4.69, 9.17) is 28.9 Å². The Morgan fingerprint density at radius 2 is 2.15 bits per heavy atom. The first kappa shape index (κ1) is 15.6. The first-order chi connectivity index (χ1) is 9.51. The molecule has 110 valence electrons. The Balaban J connectivity index is 2.05. The van der Waals surface area contributed by atoms with E-state index in [2.05, 4.69) is 6.92 Å². The van der Waals surface area contributed by atoms with Crippen molar-refractivity contribution in [1.29, 1.82) is 0 Å². The van der Waals surface area contributed by atoms with Crippen LogP contribution in [-0.4, -0.2) is 29.9 Å². The number of piperidine rings is 1. The average Bonchev–Trinajstić information content (AvgIpc) is 2.42. The van der Waals surface area contributed by atoms with Crippen LogP contribution in [0.1, 0.15) is 25.3 Å². The number of likely N-dealkylation sites (tertiary alicyclic amines) is 1. The van der Waals surface area contributed by atoms with Crippen molar-refractivity contribution in [3.8, 4) is 0 Å². The maximum Gasteiger partial charge on any atom is 0.227 e. The Morgan fingerprint density at radius 3 is 2.80 bits per heavy atom. The monoisotopic (exact) mass is 314 g/mol. The van der Waals surface area contributed by atoms with Crippen molar-refractivity contribution in [2.75, 3.05) is 13.1 Å². The average molecular weight is 315 g/mol. The summed E-state index contributed by atoms with van der Waals surface area (Å²) >= 11 is 11.9. The first-order valence-electron chi connectivity index (χ1n) is 6.94. The lowest BCUT2D eigenvalue weighted by molar-refractivity contribution is -0.134. The van der Waals surface area contributed by atoms with Crippen LogP contribution in [0.15, 0.2) is 18.2 Å². The molecule has 0 aliphatic carbocycles. The number of halogens is 2. The molecule has 1 amide bonds. The van der Waals surface area contributed by atoms with Gasteiger partial charge in [-0.3, -0.25) is 4.79 Å². The molecule has 1 aromatic rings. The molecule has 0 saturated carbocycles. The van der Waals surface area contributed by atoms with Crippen molar-refractivity contribution in [3.05, 3.63) is 33.8 Å². The highest BCUT2D eigenvalue weighted by molar-refractivity contribution is 6.42. The lowest BCUT2D eigenvalue weighted by Gasteiger charge is -2.38. The third kappa shape index (κ3) is 3.66. The van der Waals surface area contributed by atoms with E-state index in [0.29, 0.717) is 28.9 Å². The lowest BCUT2D eigenvalue weighted by atomic mass is 9.92. The van der Waals surface area contributed by atoms with Gasteiger partial charge < -0.3 is 10.6 Å². The number of amides is 1.